The Kier molecular flexibility index (Phi) is 5.73. The quantitative estimate of drug-likeness (QED) is 0.825. The minimum atomic E-state index is -0.507. The number of amides is 1. The number of hydrogen-bond acceptors (Lipinski definition) is 5. The van der Waals surface area contributed by atoms with E-state index in [1.807, 2.05) is 31.2 Å². The predicted octanol–water partition coefficient (Wildman–Crippen LogP) is 1.00. The van der Waals surface area contributed by atoms with Crippen LogP contribution in [-0.4, -0.2) is 79.5 Å². The molecule has 0 aromatic heterocycles. The topological polar surface area (TPSA) is 62.2 Å². The van der Waals surface area contributed by atoms with Gasteiger partial charge in [0.25, 0.3) is 0 Å². The fourth-order valence-corrected chi connectivity index (χ4v) is 3.45. The van der Waals surface area contributed by atoms with Crippen molar-refractivity contribution in [3.8, 4) is 5.75 Å². The fraction of sp³-hybridized carbons (Fsp3) is 0.526. The Hall–Kier alpha value is -1.89. The molecular weight excluding hydrogens is 320 g/mol. The average Bonchev–Trinajstić information content (AvgIpc) is 3.04. The molecule has 2 atom stereocenters. The number of carbonyl (C=O) groups excluding carboxylic acids is 1. The molecule has 2 heterocycles. The van der Waals surface area contributed by atoms with Crippen molar-refractivity contribution < 1.29 is 19.4 Å². The molecule has 0 aliphatic carbocycles. The van der Waals surface area contributed by atoms with Gasteiger partial charge in [-0.05, 0) is 30.2 Å². The van der Waals surface area contributed by atoms with Crippen molar-refractivity contribution in [2.45, 2.75) is 19.1 Å². The minimum Gasteiger partial charge on any atom is -0.497 e. The van der Waals surface area contributed by atoms with E-state index in [1.165, 1.54) is 0 Å². The Balaban J connectivity index is 1.66. The van der Waals surface area contributed by atoms with Crippen LogP contribution < -0.4 is 4.74 Å². The fourth-order valence-electron chi connectivity index (χ4n) is 3.45. The van der Waals surface area contributed by atoms with Crippen LogP contribution in [0.2, 0.25) is 0 Å². The van der Waals surface area contributed by atoms with Gasteiger partial charge in [0.05, 0.1) is 32.5 Å². The smallest absolute Gasteiger partial charge is 0.246 e. The highest BCUT2D eigenvalue weighted by atomic mass is 16.5. The van der Waals surface area contributed by atoms with E-state index >= 15 is 0 Å². The number of aliphatic hydroxyl groups is 1. The lowest BCUT2D eigenvalue weighted by molar-refractivity contribution is -0.125. The Morgan fingerprint density at radius 2 is 2.08 bits per heavy atom. The van der Waals surface area contributed by atoms with Gasteiger partial charge >= 0.3 is 0 Å². The Morgan fingerprint density at radius 3 is 2.80 bits per heavy atom. The predicted molar refractivity (Wildman–Crippen MR) is 95.4 cm³/mol. The zero-order chi connectivity index (χ0) is 17.8. The molecule has 0 spiro atoms. The summed E-state index contributed by atoms with van der Waals surface area (Å²) in [6.07, 6.45) is 1.14. The first-order chi connectivity index (χ1) is 12.1. The van der Waals surface area contributed by atoms with Gasteiger partial charge in [0.1, 0.15) is 5.75 Å². The molecule has 0 saturated carbocycles. The number of carbonyl (C=O) groups is 1. The summed E-state index contributed by atoms with van der Waals surface area (Å²) in [6.45, 7) is 5.84. The van der Waals surface area contributed by atoms with E-state index in [2.05, 4.69) is 4.90 Å². The number of benzene rings is 1. The first kappa shape index (κ1) is 17.9. The number of morpholine rings is 1. The van der Waals surface area contributed by atoms with Crippen molar-refractivity contribution in [2.75, 3.05) is 46.5 Å². The van der Waals surface area contributed by atoms with Crippen LogP contribution in [0.5, 0.6) is 5.75 Å². The van der Waals surface area contributed by atoms with Crippen LogP contribution in [0.3, 0.4) is 0 Å². The van der Waals surface area contributed by atoms with E-state index in [1.54, 1.807) is 18.1 Å². The molecule has 136 valence electrons. The second kappa shape index (κ2) is 7.99. The molecule has 2 aliphatic heterocycles. The van der Waals surface area contributed by atoms with Gasteiger partial charge in [-0.25, -0.2) is 0 Å². The summed E-state index contributed by atoms with van der Waals surface area (Å²) < 4.78 is 10.6. The summed E-state index contributed by atoms with van der Waals surface area (Å²) in [4.78, 5) is 16.6. The monoisotopic (exact) mass is 346 g/mol. The SMILES string of the molecule is COc1cccc(C(C)=CC(=O)N2C[C@@H](O)[C@H](N3CCOCC3)C2)c1. The molecule has 1 aromatic rings. The molecule has 2 fully saturated rings. The lowest BCUT2D eigenvalue weighted by atomic mass is 10.1. The summed E-state index contributed by atoms with van der Waals surface area (Å²) >= 11 is 0. The van der Waals surface area contributed by atoms with Gasteiger partial charge in [-0.15, -0.1) is 0 Å². The van der Waals surface area contributed by atoms with E-state index in [9.17, 15) is 9.90 Å². The third-order valence-electron chi connectivity index (χ3n) is 4.95. The van der Waals surface area contributed by atoms with E-state index in [4.69, 9.17) is 9.47 Å². The number of nitrogens with zero attached hydrogens (tertiary/aromatic N) is 2. The minimum absolute atomic E-state index is 0.00150. The van der Waals surface area contributed by atoms with Crippen molar-refractivity contribution >= 4 is 11.5 Å². The third-order valence-corrected chi connectivity index (χ3v) is 4.95. The molecule has 6 nitrogen and oxygen atoms in total. The molecule has 25 heavy (non-hydrogen) atoms. The Labute approximate surface area is 148 Å². The standard InChI is InChI=1S/C19H26N2O4/c1-14(15-4-3-5-16(11-15)24-2)10-19(23)21-12-17(18(22)13-21)20-6-8-25-9-7-20/h3-5,10-11,17-18,22H,6-9,12-13H2,1-2H3/t17-,18-/m1/s1. The van der Waals surface area contributed by atoms with Crippen molar-refractivity contribution in [1.29, 1.82) is 0 Å². The van der Waals surface area contributed by atoms with Crippen molar-refractivity contribution in [1.82, 2.24) is 9.80 Å². The first-order valence-electron chi connectivity index (χ1n) is 8.70. The van der Waals surface area contributed by atoms with Crippen LogP contribution in [0, 0.1) is 0 Å². The third kappa shape index (κ3) is 4.21. The molecule has 2 aliphatic rings. The van der Waals surface area contributed by atoms with Crippen LogP contribution in [0.15, 0.2) is 30.3 Å². The largest absolute Gasteiger partial charge is 0.497 e. The second-order valence-corrected chi connectivity index (χ2v) is 6.59. The summed E-state index contributed by atoms with van der Waals surface area (Å²) in [5, 5.41) is 10.4. The Bertz CT molecular complexity index is 640. The maximum atomic E-state index is 12.6. The molecule has 2 saturated heterocycles. The van der Waals surface area contributed by atoms with Crippen LogP contribution >= 0.6 is 0 Å². The second-order valence-electron chi connectivity index (χ2n) is 6.59. The molecular formula is C19H26N2O4. The van der Waals surface area contributed by atoms with Gasteiger partial charge in [0.15, 0.2) is 0 Å². The lowest BCUT2D eigenvalue weighted by Gasteiger charge is -2.33. The van der Waals surface area contributed by atoms with Crippen molar-refractivity contribution in [3.63, 3.8) is 0 Å². The number of aliphatic hydroxyl groups excluding tert-OH is 1. The summed E-state index contributed by atoms with van der Waals surface area (Å²) in [6, 6.07) is 7.65. The van der Waals surface area contributed by atoms with Crippen molar-refractivity contribution in [3.05, 3.63) is 35.9 Å². The number of rotatable bonds is 4. The molecule has 3 rings (SSSR count). The molecule has 1 N–H and O–H groups in total. The molecule has 6 heteroatoms. The number of methoxy groups -OCH3 is 1. The lowest BCUT2D eigenvalue weighted by Crippen LogP contribution is -2.49. The summed E-state index contributed by atoms with van der Waals surface area (Å²) in [7, 11) is 1.63. The van der Waals surface area contributed by atoms with E-state index in [0.29, 0.717) is 26.3 Å². The molecule has 0 radical (unpaired) electrons. The van der Waals surface area contributed by atoms with Crippen LogP contribution in [0.4, 0.5) is 0 Å². The van der Waals surface area contributed by atoms with Gasteiger partial charge in [-0.1, -0.05) is 12.1 Å². The summed E-state index contributed by atoms with van der Waals surface area (Å²) in [5.41, 5.74) is 1.84. The zero-order valence-electron chi connectivity index (χ0n) is 14.9. The maximum absolute atomic E-state index is 12.6. The first-order valence-corrected chi connectivity index (χ1v) is 8.70. The van der Waals surface area contributed by atoms with Crippen LogP contribution in [0.25, 0.3) is 5.57 Å². The molecule has 1 aromatic carbocycles. The number of hydrogen-bond donors (Lipinski definition) is 1. The van der Waals surface area contributed by atoms with Gasteiger partial charge in [-0.2, -0.15) is 0 Å². The molecule has 0 unspecified atom stereocenters. The van der Waals surface area contributed by atoms with E-state index < -0.39 is 6.10 Å². The van der Waals surface area contributed by atoms with Gasteiger partial charge < -0.3 is 19.5 Å². The number of allylic oxidation sites excluding steroid dienone is 1. The Morgan fingerprint density at radius 1 is 1.32 bits per heavy atom. The van der Waals surface area contributed by atoms with Gasteiger partial charge in [-0.3, -0.25) is 9.69 Å². The maximum Gasteiger partial charge on any atom is 0.246 e. The van der Waals surface area contributed by atoms with Crippen molar-refractivity contribution in [2.24, 2.45) is 0 Å². The zero-order valence-corrected chi connectivity index (χ0v) is 14.9. The van der Waals surface area contributed by atoms with E-state index in [0.717, 1.165) is 30.0 Å². The average molecular weight is 346 g/mol. The molecule has 1 amide bonds. The number of ether oxygens (including phenoxy) is 2. The van der Waals surface area contributed by atoms with Crippen LogP contribution in [-0.2, 0) is 9.53 Å². The van der Waals surface area contributed by atoms with Gasteiger partial charge in [0.2, 0.25) is 5.91 Å². The highest BCUT2D eigenvalue weighted by Gasteiger charge is 2.37. The highest BCUT2D eigenvalue weighted by molar-refractivity contribution is 5.95. The summed E-state index contributed by atoms with van der Waals surface area (Å²) in [5.74, 6) is 0.705. The molecule has 0 bridgehead atoms. The van der Waals surface area contributed by atoms with Gasteiger partial charge in [0, 0.05) is 32.3 Å². The highest BCUT2D eigenvalue weighted by Crippen LogP contribution is 2.22. The van der Waals surface area contributed by atoms with E-state index in [-0.39, 0.29) is 11.9 Å². The number of likely N-dealkylation sites (tertiary alicyclic amines) is 1. The van der Waals surface area contributed by atoms with Crippen LogP contribution in [0.1, 0.15) is 12.5 Å². The normalized spacial score (nSPS) is 25.2. The number of β-amino-alcohol motifs (C(OH)–C–C–N with tert-alkyl or cyclic N) is 1.